The first-order valence-electron chi connectivity index (χ1n) is 12.1. The van der Waals surface area contributed by atoms with Crippen LogP contribution in [0, 0.1) is 0 Å². The van der Waals surface area contributed by atoms with E-state index in [4.69, 9.17) is 14.5 Å². The Labute approximate surface area is 227 Å². The molecule has 0 aliphatic carbocycles. The number of nitrogens with zero attached hydrogens (tertiary/aromatic N) is 2. The van der Waals surface area contributed by atoms with Crippen molar-refractivity contribution in [2.45, 2.75) is 13.0 Å². The normalized spacial score (nSPS) is 12.7. The van der Waals surface area contributed by atoms with Crippen LogP contribution in [0.4, 0.5) is 9.80 Å². The quantitative estimate of drug-likeness (QED) is 0.255. The van der Waals surface area contributed by atoms with Crippen molar-refractivity contribution in [2.24, 2.45) is 0 Å². The van der Waals surface area contributed by atoms with E-state index < -0.39 is 0 Å². The highest BCUT2D eigenvalue weighted by molar-refractivity contribution is 7.23. The minimum Gasteiger partial charge on any atom is -0.457 e. The molecule has 38 heavy (non-hydrogen) atoms. The average molecular weight is 542 g/mol. The van der Waals surface area contributed by atoms with E-state index in [-0.39, 0.29) is 12.0 Å². The lowest BCUT2D eigenvalue weighted by Gasteiger charge is -2.25. The summed E-state index contributed by atoms with van der Waals surface area (Å²) in [6, 6.07) is 24.6. The maximum atomic E-state index is 13.6. The third-order valence-corrected chi connectivity index (χ3v) is 8.51. The van der Waals surface area contributed by atoms with Crippen molar-refractivity contribution in [1.82, 2.24) is 9.88 Å². The van der Waals surface area contributed by atoms with E-state index in [1.165, 1.54) is 18.4 Å². The molecule has 7 nitrogen and oxygen atoms in total. The Kier molecular flexibility index (Phi) is 6.53. The summed E-state index contributed by atoms with van der Waals surface area (Å²) in [5.74, 6) is 0.843. The maximum Gasteiger partial charge on any atom is 0.409 e. The number of benzene rings is 3. The third-order valence-electron chi connectivity index (χ3n) is 6.33. The highest BCUT2D eigenvalue weighted by Gasteiger charge is 2.30. The molecule has 1 N–H and O–H groups in total. The van der Waals surface area contributed by atoms with Gasteiger partial charge in [-0.05, 0) is 48.4 Å². The van der Waals surface area contributed by atoms with E-state index >= 15 is 0 Å². The molecule has 0 unspecified atom stereocenters. The molecule has 9 heteroatoms. The van der Waals surface area contributed by atoms with Crippen LogP contribution in [-0.4, -0.2) is 35.5 Å². The van der Waals surface area contributed by atoms with Gasteiger partial charge in [0.2, 0.25) is 0 Å². The molecule has 0 bridgehead atoms. The van der Waals surface area contributed by atoms with Gasteiger partial charge in [0, 0.05) is 17.0 Å². The summed E-state index contributed by atoms with van der Waals surface area (Å²) in [6.07, 6.45) is 0.290. The summed E-state index contributed by atoms with van der Waals surface area (Å²) in [6.45, 7) is 0.962. The molecule has 2 amide bonds. The van der Waals surface area contributed by atoms with Gasteiger partial charge in [-0.3, -0.25) is 4.79 Å². The Morgan fingerprint density at radius 2 is 1.71 bits per heavy atom. The number of hydrogen-bond donors (Lipinski definition) is 1. The lowest BCUT2D eigenvalue weighted by Crippen LogP contribution is -2.35. The molecule has 0 radical (unpaired) electrons. The number of amides is 2. The van der Waals surface area contributed by atoms with Gasteiger partial charge in [0.25, 0.3) is 5.91 Å². The van der Waals surface area contributed by atoms with Crippen LogP contribution in [0.5, 0.6) is 11.5 Å². The molecule has 1 aliphatic heterocycles. The first kappa shape index (κ1) is 24.1. The standard InChI is InChI=1S/C29H23N3O4S2/c1-35-29(34)32-16-15-20-24(17-32)38-28(25(20)27-30-21-12-6-8-14-23(21)37-27)31-26(33)19-11-5-7-13-22(19)36-18-9-3-2-4-10-18/h2-14H,15-17H2,1H3,(H,31,33). The second-order valence-electron chi connectivity index (χ2n) is 8.70. The van der Waals surface area contributed by atoms with Gasteiger partial charge in [0.1, 0.15) is 21.5 Å². The minimum absolute atomic E-state index is 0.276. The number of fused-ring (bicyclic) bond motifs is 2. The Bertz CT molecular complexity index is 1610. The van der Waals surface area contributed by atoms with E-state index in [1.54, 1.807) is 28.4 Å². The number of methoxy groups -OCH3 is 1. The van der Waals surface area contributed by atoms with Gasteiger partial charge in [-0.1, -0.05) is 42.5 Å². The number of anilines is 1. The lowest BCUT2D eigenvalue weighted by atomic mass is 10.0. The lowest BCUT2D eigenvalue weighted by molar-refractivity contribution is 0.102. The monoisotopic (exact) mass is 541 g/mol. The van der Waals surface area contributed by atoms with Crippen molar-refractivity contribution in [3.8, 4) is 22.1 Å². The van der Waals surface area contributed by atoms with Crippen LogP contribution in [0.15, 0.2) is 78.9 Å². The summed E-state index contributed by atoms with van der Waals surface area (Å²) >= 11 is 3.07. The van der Waals surface area contributed by atoms with Crippen molar-refractivity contribution in [1.29, 1.82) is 0 Å². The summed E-state index contributed by atoms with van der Waals surface area (Å²) in [4.78, 5) is 33.4. The third kappa shape index (κ3) is 4.62. The van der Waals surface area contributed by atoms with Gasteiger partial charge in [0.05, 0.1) is 29.4 Å². The van der Waals surface area contributed by atoms with Crippen LogP contribution in [0.25, 0.3) is 20.8 Å². The van der Waals surface area contributed by atoms with Crippen molar-refractivity contribution in [3.05, 3.63) is 94.9 Å². The fourth-order valence-corrected chi connectivity index (χ4v) is 6.88. The zero-order valence-corrected chi connectivity index (χ0v) is 22.1. The highest BCUT2D eigenvalue weighted by Crippen LogP contribution is 2.46. The van der Waals surface area contributed by atoms with Gasteiger partial charge in [0.15, 0.2) is 0 Å². The van der Waals surface area contributed by atoms with Crippen LogP contribution in [0.3, 0.4) is 0 Å². The minimum atomic E-state index is -0.358. The van der Waals surface area contributed by atoms with Crippen molar-refractivity contribution in [3.63, 3.8) is 0 Å². The molecule has 0 fully saturated rings. The van der Waals surface area contributed by atoms with Gasteiger partial charge in [-0.15, -0.1) is 22.7 Å². The molecule has 3 aromatic carbocycles. The van der Waals surface area contributed by atoms with Crippen molar-refractivity contribution < 1.29 is 19.1 Å². The fraction of sp³-hybridized carbons (Fsp3) is 0.138. The topological polar surface area (TPSA) is 80.8 Å². The van der Waals surface area contributed by atoms with Crippen molar-refractivity contribution >= 4 is 49.9 Å². The largest absolute Gasteiger partial charge is 0.457 e. The van der Waals surface area contributed by atoms with Crippen LogP contribution < -0.4 is 10.1 Å². The molecule has 0 saturated carbocycles. The molecular formula is C29H23N3O4S2. The number of nitrogens with one attached hydrogen (secondary N) is 1. The van der Waals surface area contributed by atoms with Gasteiger partial charge in [-0.25, -0.2) is 9.78 Å². The molecule has 2 aromatic heterocycles. The smallest absolute Gasteiger partial charge is 0.409 e. The summed E-state index contributed by atoms with van der Waals surface area (Å²) < 4.78 is 12.1. The molecule has 0 saturated heterocycles. The predicted octanol–water partition coefficient (Wildman–Crippen LogP) is 7.19. The number of para-hydroxylation sites is 3. The van der Waals surface area contributed by atoms with Gasteiger partial charge >= 0.3 is 6.09 Å². The van der Waals surface area contributed by atoms with E-state index in [0.29, 0.717) is 41.6 Å². The average Bonchev–Trinajstić information content (AvgIpc) is 3.53. The number of rotatable bonds is 5. The van der Waals surface area contributed by atoms with Crippen LogP contribution in [0.2, 0.25) is 0 Å². The number of hydrogen-bond acceptors (Lipinski definition) is 7. The Hall–Kier alpha value is -4.21. The second kappa shape index (κ2) is 10.3. The van der Waals surface area contributed by atoms with E-state index in [0.717, 1.165) is 31.2 Å². The first-order chi connectivity index (χ1) is 18.6. The molecule has 3 heterocycles. The zero-order valence-electron chi connectivity index (χ0n) is 20.5. The van der Waals surface area contributed by atoms with Crippen LogP contribution in [-0.2, 0) is 17.7 Å². The molecule has 5 aromatic rings. The van der Waals surface area contributed by atoms with E-state index in [9.17, 15) is 9.59 Å². The first-order valence-corrected chi connectivity index (χ1v) is 13.7. The van der Waals surface area contributed by atoms with Crippen LogP contribution in [0.1, 0.15) is 20.8 Å². The maximum absolute atomic E-state index is 13.6. The molecule has 0 atom stereocenters. The van der Waals surface area contributed by atoms with Crippen molar-refractivity contribution in [2.75, 3.05) is 19.0 Å². The summed E-state index contributed by atoms with van der Waals surface area (Å²) in [7, 11) is 1.39. The Balaban J connectivity index is 1.38. The summed E-state index contributed by atoms with van der Waals surface area (Å²) in [5.41, 5.74) is 3.37. The molecule has 1 aliphatic rings. The number of thiazole rings is 1. The number of aromatic nitrogens is 1. The van der Waals surface area contributed by atoms with E-state index in [1.807, 2.05) is 66.7 Å². The number of thiophene rings is 1. The van der Waals surface area contributed by atoms with Crippen LogP contribution >= 0.6 is 22.7 Å². The Morgan fingerprint density at radius 1 is 0.947 bits per heavy atom. The number of carbonyl (C=O) groups is 2. The second-order valence-corrected chi connectivity index (χ2v) is 10.8. The zero-order chi connectivity index (χ0) is 26.1. The predicted molar refractivity (Wildman–Crippen MR) is 150 cm³/mol. The summed E-state index contributed by atoms with van der Waals surface area (Å²) in [5, 5.41) is 4.70. The molecule has 6 rings (SSSR count). The van der Waals surface area contributed by atoms with Gasteiger partial charge < -0.3 is 19.7 Å². The number of ether oxygens (including phenoxy) is 2. The molecular weight excluding hydrogens is 518 g/mol. The highest BCUT2D eigenvalue weighted by atomic mass is 32.1. The Morgan fingerprint density at radius 3 is 2.53 bits per heavy atom. The molecule has 0 spiro atoms. The SMILES string of the molecule is COC(=O)N1CCc2c(sc(NC(=O)c3ccccc3Oc3ccccc3)c2-c2nc3ccccc3s2)C1. The van der Waals surface area contributed by atoms with Gasteiger partial charge in [-0.2, -0.15) is 0 Å². The molecule has 190 valence electrons. The van der Waals surface area contributed by atoms with E-state index in [2.05, 4.69) is 5.32 Å². The fourth-order valence-electron chi connectivity index (χ4n) is 4.51. The number of carbonyl (C=O) groups excluding carboxylic acids is 2.